The molecule has 1 fully saturated rings. The van der Waals surface area contributed by atoms with Crippen LogP contribution in [0.5, 0.6) is 5.75 Å². The zero-order valence-electron chi connectivity index (χ0n) is 11.0. The van der Waals surface area contributed by atoms with Crippen molar-refractivity contribution < 1.29 is 23.9 Å². The molecular weight excluding hydrogens is 264 g/mol. The molecule has 1 aromatic carbocycles. The Hall–Kier alpha value is -2.57. The molecule has 1 heterocycles. The summed E-state index contributed by atoms with van der Waals surface area (Å²) in [6.07, 6.45) is -1.93. The lowest BCUT2D eigenvalue weighted by Crippen LogP contribution is -2.72. The molecular formula is C13H14N2O5. The Balaban J connectivity index is 2.09. The molecule has 1 N–H and O–H groups in total. The van der Waals surface area contributed by atoms with Gasteiger partial charge >= 0.3 is 5.97 Å². The fourth-order valence-corrected chi connectivity index (χ4v) is 1.76. The van der Waals surface area contributed by atoms with Crippen LogP contribution in [-0.2, 0) is 19.1 Å². The lowest BCUT2D eigenvalue weighted by Gasteiger charge is -2.43. The number of nitrogens with one attached hydrogen (secondary N) is 1. The quantitative estimate of drug-likeness (QED) is 0.629. The molecule has 2 rings (SSSR count). The first-order valence-electron chi connectivity index (χ1n) is 5.98. The summed E-state index contributed by atoms with van der Waals surface area (Å²) in [7, 11) is 0. The molecule has 0 unspecified atom stereocenters. The van der Waals surface area contributed by atoms with E-state index < -0.39 is 30.1 Å². The van der Waals surface area contributed by atoms with Gasteiger partial charge in [0, 0.05) is 13.8 Å². The molecule has 0 bridgehead atoms. The Morgan fingerprint density at radius 3 is 2.40 bits per heavy atom. The number of carbonyl (C=O) groups excluding carboxylic acids is 3. The van der Waals surface area contributed by atoms with E-state index >= 15 is 0 Å². The number of ether oxygens (including phenoxy) is 2. The van der Waals surface area contributed by atoms with E-state index in [1.807, 2.05) is 6.07 Å². The van der Waals surface area contributed by atoms with Gasteiger partial charge in [0.2, 0.25) is 18.2 Å². The van der Waals surface area contributed by atoms with Gasteiger partial charge in [-0.25, -0.2) is 5.01 Å². The van der Waals surface area contributed by atoms with Crippen LogP contribution in [0.25, 0.3) is 0 Å². The first-order valence-corrected chi connectivity index (χ1v) is 5.98. The molecule has 7 nitrogen and oxygen atoms in total. The molecule has 0 saturated carbocycles. The Labute approximate surface area is 115 Å². The summed E-state index contributed by atoms with van der Waals surface area (Å²) in [4.78, 5) is 33.9. The highest BCUT2D eigenvalue weighted by Gasteiger charge is 2.53. The van der Waals surface area contributed by atoms with Crippen LogP contribution in [0.4, 0.5) is 0 Å². The van der Waals surface area contributed by atoms with Gasteiger partial charge in [-0.05, 0) is 12.1 Å². The first kappa shape index (κ1) is 13.9. The molecule has 2 amide bonds. The number of para-hydroxylation sites is 1. The van der Waals surface area contributed by atoms with Crippen LogP contribution in [0.15, 0.2) is 30.3 Å². The number of hydrazine groups is 1. The van der Waals surface area contributed by atoms with Crippen LogP contribution in [0.1, 0.15) is 13.8 Å². The third-order valence-electron chi connectivity index (χ3n) is 2.57. The van der Waals surface area contributed by atoms with Crippen LogP contribution >= 0.6 is 0 Å². The van der Waals surface area contributed by atoms with Gasteiger partial charge in [-0.3, -0.25) is 19.8 Å². The highest BCUT2D eigenvalue weighted by Crippen LogP contribution is 2.24. The minimum Gasteiger partial charge on any atom is -0.474 e. The van der Waals surface area contributed by atoms with Crippen LogP contribution in [-0.4, -0.2) is 35.1 Å². The van der Waals surface area contributed by atoms with Gasteiger partial charge in [0.15, 0.2) is 0 Å². The van der Waals surface area contributed by atoms with Crippen molar-refractivity contribution in [3.05, 3.63) is 30.3 Å². The van der Waals surface area contributed by atoms with Gasteiger partial charge in [0.05, 0.1) is 0 Å². The lowest BCUT2D eigenvalue weighted by atomic mass is 10.1. The van der Waals surface area contributed by atoms with Crippen molar-refractivity contribution in [1.29, 1.82) is 0 Å². The van der Waals surface area contributed by atoms with Crippen LogP contribution in [0.3, 0.4) is 0 Å². The zero-order valence-corrected chi connectivity index (χ0v) is 11.0. The minimum atomic E-state index is -0.968. The normalized spacial score (nSPS) is 20.9. The highest BCUT2D eigenvalue weighted by molar-refractivity contribution is 5.90. The fourth-order valence-electron chi connectivity index (χ4n) is 1.76. The molecule has 2 atom stereocenters. The van der Waals surface area contributed by atoms with E-state index in [0.29, 0.717) is 5.75 Å². The molecule has 0 aromatic heterocycles. The standard InChI is InChI=1S/C13H14N2O5/c1-8(16)14-15-12(18)11(13(15)19-9(2)17)20-10-6-4-3-5-7-10/h3-7,11,13H,1-2H3,(H,14,16)/t11-,13+/m1/s1. The van der Waals surface area contributed by atoms with Crippen molar-refractivity contribution in [3.63, 3.8) is 0 Å². The van der Waals surface area contributed by atoms with E-state index in [0.717, 1.165) is 5.01 Å². The van der Waals surface area contributed by atoms with Gasteiger partial charge in [-0.2, -0.15) is 0 Å². The van der Waals surface area contributed by atoms with Crippen LogP contribution < -0.4 is 10.2 Å². The second-order valence-electron chi connectivity index (χ2n) is 4.23. The second-order valence-corrected chi connectivity index (χ2v) is 4.23. The van der Waals surface area contributed by atoms with Gasteiger partial charge in [-0.1, -0.05) is 18.2 Å². The van der Waals surface area contributed by atoms with E-state index in [-0.39, 0.29) is 0 Å². The van der Waals surface area contributed by atoms with Crippen molar-refractivity contribution in [2.75, 3.05) is 0 Å². The zero-order chi connectivity index (χ0) is 14.7. The summed E-state index contributed by atoms with van der Waals surface area (Å²) in [6, 6.07) is 8.68. The smallest absolute Gasteiger partial charge is 0.304 e. The van der Waals surface area contributed by atoms with Crippen molar-refractivity contribution in [1.82, 2.24) is 10.4 Å². The topological polar surface area (TPSA) is 84.9 Å². The predicted octanol–water partition coefficient (Wildman–Crippen LogP) is 0.216. The Kier molecular flexibility index (Phi) is 3.88. The minimum absolute atomic E-state index is 0.436. The molecule has 106 valence electrons. The summed E-state index contributed by atoms with van der Waals surface area (Å²) >= 11 is 0. The third kappa shape index (κ3) is 2.87. The molecule has 0 aliphatic carbocycles. The van der Waals surface area contributed by atoms with E-state index in [1.54, 1.807) is 24.3 Å². The van der Waals surface area contributed by atoms with Gasteiger partial charge in [-0.15, -0.1) is 0 Å². The maximum absolute atomic E-state index is 11.9. The third-order valence-corrected chi connectivity index (χ3v) is 2.57. The molecule has 1 aromatic rings. The van der Waals surface area contributed by atoms with Crippen molar-refractivity contribution in [2.45, 2.75) is 26.2 Å². The van der Waals surface area contributed by atoms with Gasteiger partial charge in [0.25, 0.3) is 5.91 Å². The number of nitrogens with zero attached hydrogens (tertiary/aromatic N) is 1. The van der Waals surface area contributed by atoms with E-state index in [2.05, 4.69) is 5.43 Å². The fraction of sp³-hybridized carbons (Fsp3) is 0.308. The summed E-state index contributed by atoms with van der Waals surface area (Å²) in [5.74, 6) is -1.01. The van der Waals surface area contributed by atoms with Crippen molar-refractivity contribution in [3.8, 4) is 5.75 Å². The maximum atomic E-state index is 11.9. The second kappa shape index (κ2) is 5.60. The molecule has 20 heavy (non-hydrogen) atoms. The van der Waals surface area contributed by atoms with E-state index in [4.69, 9.17) is 9.47 Å². The Bertz CT molecular complexity index is 531. The number of hydrogen-bond donors (Lipinski definition) is 1. The highest BCUT2D eigenvalue weighted by atomic mass is 16.6. The molecule has 1 saturated heterocycles. The molecule has 1 aliphatic rings. The van der Waals surface area contributed by atoms with Gasteiger partial charge < -0.3 is 9.47 Å². The number of β-lactam (4-membered cyclic amide) rings is 1. The first-order chi connectivity index (χ1) is 9.49. The Morgan fingerprint density at radius 2 is 1.85 bits per heavy atom. The predicted molar refractivity (Wildman–Crippen MR) is 67.1 cm³/mol. The number of hydrogen-bond acceptors (Lipinski definition) is 5. The van der Waals surface area contributed by atoms with E-state index in [1.165, 1.54) is 13.8 Å². The van der Waals surface area contributed by atoms with Crippen molar-refractivity contribution >= 4 is 17.8 Å². The van der Waals surface area contributed by atoms with Gasteiger partial charge in [0.1, 0.15) is 5.75 Å². The van der Waals surface area contributed by atoms with Crippen LogP contribution in [0, 0.1) is 0 Å². The maximum Gasteiger partial charge on any atom is 0.304 e. The average molecular weight is 278 g/mol. The monoisotopic (exact) mass is 278 g/mol. The summed E-state index contributed by atoms with van der Waals surface area (Å²) in [5, 5.41) is 0.942. The van der Waals surface area contributed by atoms with Crippen molar-refractivity contribution in [2.24, 2.45) is 0 Å². The molecule has 1 aliphatic heterocycles. The molecule has 0 spiro atoms. The molecule has 0 radical (unpaired) electrons. The number of amides is 2. The summed E-state index contributed by atoms with van der Waals surface area (Å²) < 4.78 is 10.4. The summed E-state index contributed by atoms with van der Waals surface area (Å²) in [6.45, 7) is 2.47. The largest absolute Gasteiger partial charge is 0.474 e. The number of rotatable bonds is 4. The number of benzene rings is 1. The Morgan fingerprint density at radius 1 is 1.20 bits per heavy atom. The average Bonchev–Trinajstić information content (AvgIpc) is 2.41. The number of carbonyl (C=O) groups is 3. The van der Waals surface area contributed by atoms with E-state index in [9.17, 15) is 14.4 Å². The molecule has 7 heteroatoms. The lowest BCUT2D eigenvalue weighted by molar-refractivity contribution is -0.215. The van der Waals surface area contributed by atoms with Crippen LogP contribution in [0.2, 0.25) is 0 Å². The summed E-state index contributed by atoms with van der Waals surface area (Å²) in [5.41, 5.74) is 2.29. The SMILES string of the molecule is CC(=O)NN1C(=O)[C@@H](Oc2ccccc2)[C@@H]1OC(C)=O. The number of esters is 1.